The minimum absolute atomic E-state index is 0.00345. The van der Waals surface area contributed by atoms with Crippen molar-refractivity contribution in [3.63, 3.8) is 0 Å². The van der Waals surface area contributed by atoms with Gasteiger partial charge in [-0.05, 0) is 5.57 Å². The molecule has 0 unspecified atom stereocenters. The van der Waals surface area contributed by atoms with E-state index in [2.05, 4.69) is 26.4 Å². The number of alkyl halides is 1. The number of hydrogen-bond acceptors (Lipinski definition) is 10. The number of thioether (sulfide) groups is 1. The molecule has 0 spiro atoms. The van der Waals surface area contributed by atoms with Crippen LogP contribution < -0.4 is 11.1 Å². The molecule has 0 aliphatic carbocycles. The van der Waals surface area contributed by atoms with Gasteiger partial charge >= 0.3 is 5.97 Å². The number of halogens is 1. The van der Waals surface area contributed by atoms with Crippen molar-refractivity contribution < 1.29 is 24.3 Å². The molecular weight excluding hydrogens is 444 g/mol. The first kappa shape index (κ1) is 21.1. The Labute approximate surface area is 177 Å². The Bertz CT molecular complexity index is 932. The number of carboxylic acids is 1. The van der Waals surface area contributed by atoms with Crippen molar-refractivity contribution in [1.82, 2.24) is 19.6 Å². The van der Waals surface area contributed by atoms with E-state index >= 15 is 0 Å². The van der Waals surface area contributed by atoms with Gasteiger partial charge in [-0.3, -0.25) is 14.5 Å². The molecule has 1 aromatic heterocycles. The van der Waals surface area contributed by atoms with Gasteiger partial charge in [0.05, 0.1) is 0 Å². The van der Waals surface area contributed by atoms with E-state index in [0.29, 0.717) is 11.3 Å². The van der Waals surface area contributed by atoms with E-state index in [1.54, 1.807) is 0 Å². The number of carbonyl (C=O) groups excluding carboxylic acids is 2. The summed E-state index contributed by atoms with van der Waals surface area (Å²) in [5, 5.41) is 15.2. The number of nitrogens with two attached hydrogens (primary N) is 1. The molecule has 0 bridgehead atoms. The Kier molecular flexibility index (Phi) is 6.39. The van der Waals surface area contributed by atoms with E-state index in [-0.39, 0.29) is 34.9 Å². The van der Waals surface area contributed by atoms with Gasteiger partial charge in [-0.2, -0.15) is 9.36 Å². The zero-order valence-electron chi connectivity index (χ0n) is 14.7. The van der Waals surface area contributed by atoms with E-state index in [1.807, 2.05) is 0 Å². The molecule has 2 amide bonds. The molecule has 154 valence electrons. The average Bonchev–Trinajstić information content (AvgIpc) is 3.13. The number of nitrogens with one attached hydrogen (secondary N) is 1. The molecule has 1 aromatic rings. The van der Waals surface area contributed by atoms with Gasteiger partial charge in [0.2, 0.25) is 11.5 Å². The number of nitrogens with zero attached hydrogens (tertiary/aromatic N) is 4. The highest BCUT2D eigenvalue weighted by molar-refractivity contribution is 8.00. The molecule has 14 heteroatoms. The van der Waals surface area contributed by atoms with Gasteiger partial charge in [0, 0.05) is 23.2 Å². The summed E-state index contributed by atoms with van der Waals surface area (Å²) in [5.74, 6) is -2.28. The summed E-state index contributed by atoms with van der Waals surface area (Å²) in [6, 6.07) is -0.945. The number of fused-ring (bicyclic) bond motifs is 1. The van der Waals surface area contributed by atoms with Crippen LogP contribution >= 0.6 is 34.9 Å². The molecule has 0 radical (unpaired) electrons. The summed E-state index contributed by atoms with van der Waals surface area (Å²) in [4.78, 5) is 46.8. The van der Waals surface area contributed by atoms with Crippen LogP contribution in [0.25, 0.3) is 0 Å². The summed E-state index contributed by atoms with van der Waals surface area (Å²) in [6.45, 7) is 3.52. The van der Waals surface area contributed by atoms with Crippen molar-refractivity contribution in [3.8, 4) is 0 Å². The lowest BCUT2D eigenvalue weighted by molar-refractivity contribution is -0.150. The Hall–Kier alpha value is -2.64. The Balaban J connectivity index is 1.79. The maximum Gasteiger partial charge on any atom is 0.352 e. The van der Waals surface area contributed by atoms with Gasteiger partial charge in [0.1, 0.15) is 23.7 Å². The molecule has 3 rings (SSSR count). The largest absolute Gasteiger partial charge is 0.477 e. The van der Waals surface area contributed by atoms with Crippen LogP contribution in [-0.4, -0.2) is 72.5 Å². The summed E-state index contributed by atoms with van der Waals surface area (Å²) in [5.41, 5.74) is 5.60. The molecule has 0 aromatic carbocycles. The minimum Gasteiger partial charge on any atom is -0.477 e. The standard InChI is InChI=1S/C15H15ClN6O5S2/c1-2-3-27-20-7(10-19-15(17)29-21-10)11(23)18-8-12(24)22-9(14(25)26)6(4-16)5-28-13(8)22/h2,8,13H,1,3-5H2,(H,18,23)(H,25,26)(H2,17,19,21)/t8-,13+/m1/s1. The number of β-lactam (4-membered cyclic amide) rings is 1. The van der Waals surface area contributed by atoms with E-state index in [0.717, 1.165) is 16.4 Å². The number of anilines is 1. The van der Waals surface area contributed by atoms with Crippen LogP contribution in [0, 0.1) is 0 Å². The molecule has 0 saturated carbocycles. The summed E-state index contributed by atoms with van der Waals surface area (Å²) in [7, 11) is 0. The van der Waals surface area contributed by atoms with Crippen molar-refractivity contribution in [2.75, 3.05) is 24.0 Å². The number of rotatable bonds is 8. The number of amides is 2. The maximum atomic E-state index is 12.7. The quantitative estimate of drug-likeness (QED) is 0.122. The van der Waals surface area contributed by atoms with Crippen LogP contribution in [0.15, 0.2) is 29.1 Å². The zero-order chi connectivity index (χ0) is 21.1. The van der Waals surface area contributed by atoms with Crippen LogP contribution in [0.2, 0.25) is 0 Å². The van der Waals surface area contributed by atoms with Crippen LogP contribution in [0.5, 0.6) is 0 Å². The molecule has 1 saturated heterocycles. The average molecular weight is 459 g/mol. The van der Waals surface area contributed by atoms with Crippen molar-refractivity contribution in [1.29, 1.82) is 0 Å². The van der Waals surface area contributed by atoms with Crippen molar-refractivity contribution in [3.05, 3.63) is 29.7 Å². The van der Waals surface area contributed by atoms with E-state index < -0.39 is 29.2 Å². The third-order valence-corrected chi connectivity index (χ3v) is 6.12. The van der Waals surface area contributed by atoms with Gasteiger partial charge in [-0.25, -0.2) is 4.79 Å². The zero-order valence-corrected chi connectivity index (χ0v) is 17.1. The Morgan fingerprint density at radius 2 is 2.31 bits per heavy atom. The lowest BCUT2D eigenvalue weighted by atomic mass is 10.0. The first-order chi connectivity index (χ1) is 13.9. The summed E-state index contributed by atoms with van der Waals surface area (Å²) >= 11 is 7.97. The molecule has 29 heavy (non-hydrogen) atoms. The van der Waals surface area contributed by atoms with Gasteiger partial charge in [0.15, 0.2) is 5.13 Å². The van der Waals surface area contributed by atoms with E-state index in [9.17, 15) is 19.5 Å². The third-order valence-electron chi connectivity index (χ3n) is 3.91. The highest BCUT2D eigenvalue weighted by Crippen LogP contribution is 2.40. The van der Waals surface area contributed by atoms with Crippen LogP contribution in [0.3, 0.4) is 0 Å². The second kappa shape index (κ2) is 8.80. The number of aliphatic carboxylic acids is 1. The van der Waals surface area contributed by atoms with Gasteiger partial charge in [-0.15, -0.1) is 23.4 Å². The molecule has 3 heterocycles. The molecule has 2 aliphatic rings. The van der Waals surface area contributed by atoms with Gasteiger partial charge < -0.3 is 21.0 Å². The molecular formula is C15H15ClN6O5S2. The Morgan fingerprint density at radius 3 is 2.90 bits per heavy atom. The fraction of sp³-hybridized carbons (Fsp3) is 0.333. The number of carboxylic acid groups (broad SMARTS) is 1. The summed E-state index contributed by atoms with van der Waals surface area (Å²) < 4.78 is 3.93. The molecule has 2 aliphatic heterocycles. The molecule has 1 fully saturated rings. The topological polar surface area (TPSA) is 160 Å². The third kappa shape index (κ3) is 4.06. The second-order valence-electron chi connectivity index (χ2n) is 5.73. The molecule has 2 atom stereocenters. The maximum absolute atomic E-state index is 12.7. The number of aromatic nitrogens is 2. The van der Waals surface area contributed by atoms with Crippen LogP contribution in [0.1, 0.15) is 5.82 Å². The van der Waals surface area contributed by atoms with Gasteiger partial charge in [0.25, 0.3) is 11.8 Å². The minimum atomic E-state index is -1.24. The predicted molar refractivity (Wildman–Crippen MR) is 107 cm³/mol. The van der Waals surface area contributed by atoms with Gasteiger partial charge in [-0.1, -0.05) is 17.8 Å². The van der Waals surface area contributed by atoms with Crippen LogP contribution in [-0.2, 0) is 19.2 Å². The fourth-order valence-corrected chi connectivity index (χ4v) is 4.78. The van der Waals surface area contributed by atoms with Crippen molar-refractivity contribution >= 4 is 63.5 Å². The smallest absolute Gasteiger partial charge is 0.352 e. The van der Waals surface area contributed by atoms with Crippen molar-refractivity contribution in [2.45, 2.75) is 11.4 Å². The number of nitrogen functional groups attached to an aromatic ring is 1. The SMILES string of the molecule is C=CCON=C(C(=O)N[C@@H]1C(=O)N2C(C(=O)O)=C(CCl)CS[C@@H]12)c1nsc(N)n1. The first-order valence-corrected chi connectivity index (χ1v) is 10.4. The van der Waals surface area contributed by atoms with Crippen LogP contribution in [0.4, 0.5) is 5.13 Å². The van der Waals surface area contributed by atoms with Crippen molar-refractivity contribution in [2.24, 2.45) is 5.16 Å². The Morgan fingerprint density at radius 1 is 1.55 bits per heavy atom. The first-order valence-electron chi connectivity index (χ1n) is 8.06. The second-order valence-corrected chi connectivity index (χ2v) is 7.89. The lowest BCUT2D eigenvalue weighted by Gasteiger charge is -2.49. The number of hydrogen-bond donors (Lipinski definition) is 3. The highest BCUT2D eigenvalue weighted by Gasteiger charge is 2.54. The molecule has 11 nitrogen and oxygen atoms in total. The highest BCUT2D eigenvalue weighted by atomic mass is 35.5. The predicted octanol–water partition coefficient (Wildman–Crippen LogP) is 0.00440. The lowest BCUT2D eigenvalue weighted by Crippen LogP contribution is -2.71. The fourth-order valence-electron chi connectivity index (χ4n) is 2.67. The number of oxime groups is 1. The summed E-state index contributed by atoms with van der Waals surface area (Å²) in [6.07, 6.45) is 1.43. The monoisotopic (exact) mass is 458 g/mol. The normalized spacial score (nSPS) is 21.3. The van der Waals surface area contributed by atoms with E-state index in [1.165, 1.54) is 17.8 Å². The molecule has 4 N–H and O–H groups in total. The number of carbonyl (C=O) groups is 3. The van der Waals surface area contributed by atoms with E-state index in [4.69, 9.17) is 22.2 Å².